The van der Waals surface area contributed by atoms with Crippen molar-refractivity contribution in [1.29, 1.82) is 0 Å². The van der Waals surface area contributed by atoms with Crippen LogP contribution in [0.5, 0.6) is 11.5 Å². The zero-order chi connectivity index (χ0) is 48.3. The Morgan fingerprint density at radius 3 is 1.71 bits per heavy atom. The van der Waals surface area contributed by atoms with Crippen molar-refractivity contribution >= 4 is 33.2 Å². The van der Waals surface area contributed by atoms with E-state index in [4.69, 9.17) is 9.72 Å². The Bertz CT molecular complexity index is 3330. The van der Waals surface area contributed by atoms with E-state index in [1.54, 1.807) is 0 Å². The average Bonchev–Trinajstić information content (AvgIpc) is 3.98. The summed E-state index contributed by atoms with van der Waals surface area (Å²) in [7, 11) is 0. The van der Waals surface area contributed by atoms with E-state index in [2.05, 4.69) is 279 Å². The minimum atomic E-state index is -0.428. The quantitative estimate of drug-likeness (QED) is 0.128. The van der Waals surface area contributed by atoms with E-state index < -0.39 is 5.41 Å². The maximum Gasteiger partial charge on any atom is 0.135 e. The van der Waals surface area contributed by atoms with E-state index in [0.717, 1.165) is 55.7 Å². The number of fused-ring (bicyclic) bond motifs is 3. The Morgan fingerprint density at radius 1 is 0.500 bits per heavy atom. The number of ether oxygens (including phenoxy) is 1. The third kappa shape index (κ3) is 9.25. The van der Waals surface area contributed by atoms with Crippen LogP contribution in [-0.4, -0.2) is 9.55 Å². The number of anilines is 2. The van der Waals surface area contributed by atoms with E-state index in [-0.39, 0.29) is 37.3 Å². The number of aromatic nitrogens is 2. The van der Waals surface area contributed by atoms with Crippen molar-refractivity contribution < 1.29 is 25.8 Å². The van der Waals surface area contributed by atoms with E-state index in [0.29, 0.717) is 11.5 Å². The minimum absolute atomic E-state index is 0. The molecule has 10 rings (SSSR count). The minimum Gasteiger partial charge on any atom is -0.509 e. The predicted octanol–water partition coefficient (Wildman–Crippen LogP) is 16.4. The molecule has 2 aromatic heterocycles. The number of hydrogen-bond donors (Lipinski definition) is 0. The number of para-hydroxylation sites is 1. The standard InChI is InChI=1S/C64H61N4O.Pt/c1-61(2,3)49-36-50(62(4,5)6)38-52(37-49)67-33-32-66(43-67)51-34-45(44-22-14-11-15-23-44)35-53(40-51)69-54-41-56(64(9,10)47-26-18-13-19-27-47)60-55-28-20-21-29-57(55)68(58(60)42-54)59-39-48(30-31-65-59)63(7,8)46-24-16-12-17-25-46;/h11-39,41,43H,1-10H3;/q-3;. The fourth-order valence-corrected chi connectivity index (χ4v) is 9.65. The second-order valence-corrected chi connectivity index (χ2v) is 21.6. The molecule has 0 atom stereocenters. The van der Waals surface area contributed by atoms with Crippen LogP contribution in [0.1, 0.15) is 103 Å². The van der Waals surface area contributed by atoms with Crippen LogP contribution >= 0.6 is 0 Å². The predicted molar refractivity (Wildman–Crippen MR) is 288 cm³/mol. The molecule has 0 amide bonds. The van der Waals surface area contributed by atoms with E-state index in [1.807, 2.05) is 6.20 Å². The van der Waals surface area contributed by atoms with Crippen molar-refractivity contribution in [3.63, 3.8) is 0 Å². The van der Waals surface area contributed by atoms with Gasteiger partial charge >= 0.3 is 0 Å². The van der Waals surface area contributed by atoms with Crippen LogP contribution < -0.4 is 14.5 Å². The van der Waals surface area contributed by atoms with Crippen molar-refractivity contribution in [2.75, 3.05) is 9.80 Å². The molecule has 70 heavy (non-hydrogen) atoms. The fourth-order valence-electron chi connectivity index (χ4n) is 9.65. The Morgan fingerprint density at radius 2 is 1.07 bits per heavy atom. The molecule has 5 nitrogen and oxygen atoms in total. The van der Waals surface area contributed by atoms with Gasteiger partial charge in [0, 0.05) is 55.4 Å². The van der Waals surface area contributed by atoms with Crippen molar-refractivity contribution in [1.82, 2.24) is 9.55 Å². The monoisotopic (exact) mass is 1100 g/mol. The van der Waals surface area contributed by atoms with Crippen LogP contribution in [0.2, 0.25) is 0 Å². The Hall–Kier alpha value is -6.68. The van der Waals surface area contributed by atoms with Crippen LogP contribution in [0, 0.1) is 18.8 Å². The van der Waals surface area contributed by atoms with Crippen molar-refractivity contribution in [3.8, 4) is 28.4 Å². The van der Waals surface area contributed by atoms with Gasteiger partial charge in [-0.2, -0.15) is 0 Å². The van der Waals surface area contributed by atoms with Crippen molar-refractivity contribution in [2.24, 2.45) is 0 Å². The number of benzene rings is 7. The van der Waals surface area contributed by atoms with Gasteiger partial charge < -0.3 is 19.1 Å². The van der Waals surface area contributed by atoms with Crippen molar-refractivity contribution in [3.05, 3.63) is 235 Å². The number of rotatable bonds is 10. The number of nitrogens with zero attached hydrogens (tertiary/aromatic N) is 4. The molecule has 3 heterocycles. The Labute approximate surface area is 429 Å². The molecule has 6 heteroatoms. The summed E-state index contributed by atoms with van der Waals surface area (Å²) >= 11 is 0. The first-order valence-electron chi connectivity index (χ1n) is 24.1. The average molecular weight is 1100 g/mol. The molecule has 1 aliphatic heterocycles. The number of hydrogen-bond acceptors (Lipinski definition) is 4. The van der Waals surface area contributed by atoms with Gasteiger partial charge in [-0.1, -0.05) is 195 Å². The molecular formula is C64H61N4OPt-3. The molecular weight excluding hydrogens is 1040 g/mol. The SMILES string of the molecule is CC(C)(C)c1cc(N2C=CN(c3[c-]c(Oc4[c-]c5c(c(C(C)(C)c6ccccc6)c4)c4ccccc4n5-c4cc(C(C)(C)c5ccccc5)ccn4)cc(-c4ccccc4)c3)[CH-]2)cc(C(C)(C)C)c1.[Pt]. The van der Waals surface area contributed by atoms with E-state index in [1.165, 1.54) is 27.8 Å². The third-order valence-electron chi connectivity index (χ3n) is 14.0. The van der Waals surface area contributed by atoms with E-state index >= 15 is 0 Å². The van der Waals surface area contributed by atoms with Gasteiger partial charge in [0.2, 0.25) is 0 Å². The van der Waals surface area contributed by atoms with Crippen LogP contribution in [0.25, 0.3) is 38.8 Å². The molecule has 0 saturated heterocycles. The second-order valence-electron chi connectivity index (χ2n) is 21.6. The van der Waals surface area contributed by atoms with Crippen LogP contribution in [0.15, 0.2) is 182 Å². The summed E-state index contributed by atoms with van der Waals surface area (Å²) in [5.74, 6) is 2.00. The molecule has 0 radical (unpaired) electrons. The molecule has 0 saturated carbocycles. The molecule has 0 bridgehead atoms. The summed E-state index contributed by atoms with van der Waals surface area (Å²) in [5, 5.41) is 2.25. The summed E-state index contributed by atoms with van der Waals surface area (Å²) in [6, 6.07) is 65.9. The van der Waals surface area contributed by atoms with Gasteiger partial charge in [0.15, 0.2) is 0 Å². The van der Waals surface area contributed by atoms with Gasteiger partial charge in [-0.3, -0.25) is 0 Å². The molecule has 0 fully saturated rings. The molecule has 0 aliphatic carbocycles. The van der Waals surface area contributed by atoms with Crippen LogP contribution in [-0.2, 0) is 42.7 Å². The van der Waals surface area contributed by atoms with Gasteiger partial charge in [0.25, 0.3) is 0 Å². The number of pyridine rings is 1. The second kappa shape index (κ2) is 18.6. The fraction of sp³-hybridized carbons (Fsp3) is 0.219. The van der Waals surface area contributed by atoms with Gasteiger partial charge in [-0.15, -0.1) is 53.8 Å². The maximum atomic E-state index is 7.14. The first-order valence-corrected chi connectivity index (χ1v) is 24.1. The van der Waals surface area contributed by atoms with Gasteiger partial charge in [-0.05, 0) is 97.7 Å². The van der Waals surface area contributed by atoms with Gasteiger partial charge in [0.05, 0.1) is 0 Å². The van der Waals surface area contributed by atoms with Crippen LogP contribution in [0.4, 0.5) is 11.4 Å². The van der Waals surface area contributed by atoms with Crippen LogP contribution in [0.3, 0.4) is 0 Å². The first kappa shape index (κ1) is 48.3. The Kier molecular flexibility index (Phi) is 12.8. The van der Waals surface area contributed by atoms with Gasteiger partial charge in [0.1, 0.15) is 5.82 Å². The third-order valence-corrected chi connectivity index (χ3v) is 14.0. The molecule has 0 N–H and O–H groups in total. The van der Waals surface area contributed by atoms with E-state index in [9.17, 15) is 0 Å². The molecule has 9 aromatic rings. The summed E-state index contributed by atoms with van der Waals surface area (Å²) in [5.41, 5.74) is 12.7. The zero-order valence-corrected chi connectivity index (χ0v) is 44.2. The molecule has 356 valence electrons. The first-order chi connectivity index (χ1) is 32.9. The van der Waals surface area contributed by atoms with Gasteiger partial charge in [-0.25, -0.2) is 4.98 Å². The molecule has 1 aliphatic rings. The summed E-state index contributed by atoms with van der Waals surface area (Å²) in [6.45, 7) is 25.0. The summed E-state index contributed by atoms with van der Waals surface area (Å²) in [4.78, 5) is 9.43. The topological polar surface area (TPSA) is 33.5 Å². The zero-order valence-electron chi connectivity index (χ0n) is 41.9. The smallest absolute Gasteiger partial charge is 0.135 e. The molecule has 0 spiro atoms. The summed E-state index contributed by atoms with van der Waals surface area (Å²) < 4.78 is 9.40. The largest absolute Gasteiger partial charge is 0.509 e. The molecule has 7 aromatic carbocycles. The normalized spacial score (nSPS) is 13.3. The Balaban J connectivity index is 0.00000608. The molecule has 0 unspecified atom stereocenters. The van der Waals surface area contributed by atoms with Crippen molar-refractivity contribution in [2.45, 2.75) is 90.9 Å². The summed E-state index contributed by atoms with van der Waals surface area (Å²) in [6.07, 6.45) is 6.16. The maximum absolute atomic E-state index is 7.14.